The molecule has 0 aromatic carbocycles. The lowest BCUT2D eigenvalue weighted by Gasteiger charge is -2.31. The highest BCUT2D eigenvalue weighted by atomic mass is 35.5. The molecule has 1 unspecified atom stereocenters. The summed E-state index contributed by atoms with van der Waals surface area (Å²) in [7, 11) is 0.813. The highest BCUT2D eigenvalue weighted by Gasteiger charge is 2.30. The minimum atomic E-state index is -1.05. The molecule has 0 aliphatic carbocycles. The van der Waals surface area contributed by atoms with Crippen molar-refractivity contribution in [3.8, 4) is 11.3 Å². The second kappa shape index (κ2) is 7.46. The Bertz CT molecular complexity index is 1080. The zero-order valence-corrected chi connectivity index (χ0v) is 17.5. The maximum Gasteiger partial charge on any atom is 0.226 e. The molecular weight excluding hydrogens is 410 g/mol. The molecule has 1 fully saturated rings. The molecule has 10 heteroatoms. The molecule has 29 heavy (non-hydrogen) atoms. The van der Waals surface area contributed by atoms with Crippen molar-refractivity contribution in [3.63, 3.8) is 0 Å². The molecule has 5 rings (SSSR count). The molecule has 3 aromatic rings. The van der Waals surface area contributed by atoms with E-state index in [-0.39, 0.29) is 0 Å². The van der Waals surface area contributed by atoms with Crippen LogP contribution in [0.3, 0.4) is 0 Å². The summed E-state index contributed by atoms with van der Waals surface area (Å²) >= 11 is 5.90. The minimum Gasteiger partial charge on any atom is -0.341 e. The Kier molecular flexibility index (Phi) is 4.79. The summed E-state index contributed by atoms with van der Waals surface area (Å²) in [5.74, 6) is 2.46. The molecule has 2 aliphatic heterocycles. The van der Waals surface area contributed by atoms with Gasteiger partial charge in [-0.25, -0.2) is 19.9 Å². The van der Waals surface area contributed by atoms with Crippen molar-refractivity contribution in [2.24, 2.45) is 7.05 Å². The van der Waals surface area contributed by atoms with Gasteiger partial charge < -0.3 is 4.90 Å². The molecule has 0 spiro atoms. The predicted octanol–water partition coefficient (Wildman–Crippen LogP) is 2.37. The first kappa shape index (κ1) is 18.6. The van der Waals surface area contributed by atoms with E-state index in [0.29, 0.717) is 22.6 Å². The molecule has 0 amide bonds. The van der Waals surface area contributed by atoms with Gasteiger partial charge in [-0.15, -0.1) is 0 Å². The van der Waals surface area contributed by atoms with E-state index in [9.17, 15) is 4.21 Å². The van der Waals surface area contributed by atoms with Crippen LogP contribution < -0.4 is 4.90 Å². The van der Waals surface area contributed by atoms with Gasteiger partial charge in [-0.1, -0.05) is 11.6 Å². The molecule has 1 atom stereocenters. The highest BCUT2D eigenvalue weighted by molar-refractivity contribution is 7.85. The summed E-state index contributed by atoms with van der Waals surface area (Å²) in [6, 6.07) is 0. The van der Waals surface area contributed by atoms with Gasteiger partial charge in [0.1, 0.15) is 5.82 Å². The second-order valence-electron chi connectivity index (χ2n) is 7.37. The average molecular weight is 430 g/mol. The van der Waals surface area contributed by atoms with Crippen LogP contribution in [0.5, 0.6) is 0 Å². The topological polar surface area (TPSA) is 89.7 Å². The molecule has 5 heterocycles. The van der Waals surface area contributed by atoms with E-state index in [1.807, 2.05) is 13.2 Å². The molecular formula is C19H20ClN7OS. The van der Waals surface area contributed by atoms with Crippen LogP contribution in [-0.2, 0) is 24.3 Å². The third-order valence-electron chi connectivity index (χ3n) is 5.44. The van der Waals surface area contributed by atoms with Crippen molar-refractivity contribution in [3.05, 3.63) is 41.3 Å². The number of aromatic nitrogens is 6. The van der Waals surface area contributed by atoms with E-state index in [4.69, 9.17) is 21.6 Å². The summed E-state index contributed by atoms with van der Waals surface area (Å²) < 4.78 is 14.3. The van der Waals surface area contributed by atoms with Crippen LogP contribution in [0.1, 0.15) is 30.3 Å². The van der Waals surface area contributed by atoms with Crippen molar-refractivity contribution >= 4 is 28.3 Å². The quantitative estimate of drug-likeness (QED) is 0.631. The molecule has 0 radical (unpaired) electrons. The number of fused-ring (bicyclic) bond motifs is 1. The van der Waals surface area contributed by atoms with Gasteiger partial charge >= 0.3 is 0 Å². The lowest BCUT2D eigenvalue weighted by Crippen LogP contribution is -2.35. The molecule has 0 N–H and O–H groups in total. The smallest absolute Gasteiger partial charge is 0.226 e. The molecule has 8 nitrogen and oxygen atoms in total. The van der Waals surface area contributed by atoms with Crippen LogP contribution in [0.4, 0.5) is 5.95 Å². The number of halogens is 1. The fourth-order valence-electron chi connectivity index (χ4n) is 3.94. The summed E-state index contributed by atoms with van der Waals surface area (Å²) in [5.41, 5.74) is 2.53. The normalized spacial score (nSPS) is 19.5. The van der Waals surface area contributed by atoms with Crippen molar-refractivity contribution in [1.82, 2.24) is 29.7 Å². The van der Waals surface area contributed by atoms with Crippen molar-refractivity contribution in [1.29, 1.82) is 0 Å². The van der Waals surface area contributed by atoms with Crippen molar-refractivity contribution in [2.75, 3.05) is 23.7 Å². The maximum absolute atomic E-state index is 12.5. The monoisotopic (exact) mass is 429 g/mol. The molecule has 3 aromatic heterocycles. The van der Waals surface area contributed by atoms with Crippen LogP contribution in [0.15, 0.2) is 29.7 Å². The minimum absolute atomic E-state index is 0.309. The van der Waals surface area contributed by atoms with Gasteiger partial charge in [0, 0.05) is 62.4 Å². The fraction of sp³-hybridized carbons (Fsp3) is 0.421. The van der Waals surface area contributed by atoms with Crippen LogP contribution in [0, 0.1) is 0 Å². The standard InChI is InChI=1S/C19H20ClN7OS/c1-26-11-13(8-23-26)16-17-15(4-7-29(17)28)24-19(25-16)27-5-2-12(3-6-27)18-21-9-14(20)10-22-18/h8-12H,2-7H2,1H3. The van der Waals surface area contributed by atoms with Gasteiger partial charge in [0.25, 0.3) is 0 Å². The summed E-state index contributed by atoms with van der Waals surface area (Å²) in [6.45, 7) is 1.65. The van der Waals surface area contributed by atoms with Gasteiger partial charge in [0.05, 0.1) is 38.3 Å². The van der Waals surface area contributed by atoms with Gasteiger partial charge in [0.15, 0.2) is 0 Å². The largest absolute Gasteiger partial charge is 0.341 e. The van der Waals surface area contributed by atoms with Gasteiger partial charge in [-0.05, 0) is 12.8 Å². The SMILES string of the molecule is Cn1cc(-c2nc(N3CCC(c4ncc(Cl)cn4)CC3)nc3c2S(=O)CC3)cn1. The van der Waals surface area contributed by atoms with E-state index in [0.717, 1.165) is 60.0 Å². The first-order chi connectivity index (χ1) is 14.1. The summed E-state index contributed by atoms with van der Waals surface area (Å²) in [5, 5.41) is 4.81. The molecule has 150 valence electrons. The summed E-state index contributed by atoms with van der Waals surface area (Å²) in [6.07, 6.45) is 9.56. The van der Waals surface area contributed by atoms with Crippen molar-refractivity contribution in [2.45, 2.75) is 30.1 Å². The maximum atomic E-state index is 12.5. The first-order valence-electron chi connectivity index (χ1n) is 9.59. The van der Waals surface area contributed by atoms with E-state index < -0.39 is 10.8 Å². The third kappa shape index (κ3) is 3.53. The van der Waals surface area contributed by atoms with E-state index in [1.165, 1.54) is 0 Å². The third-order valence-corrected chi connectivity index (χ3v) is 7.09. The lowest BCUT2D eigenvalue weighted by atomic mass is 9.96. The Hall–Kier alpha value is -2.39. The lowest BCUT2D eigenvalue weighted by molar-refractivity contribution is 0.480. The van der Waals surface area contributed by atoms with Crippen molar-refractivity contribution < 1.29 is 4.21 Å². The van der Waals surface area contributed by atoms with Gasteiger partial charge in [-0.2, -0.15) is 5.10 Å². The number of hydrogen-bond donors (Lipinski definition) is 0. The van der Waals surface area contributed by atoms with Gasteiger partial charge in [-0.3, -0.25) is 8.89 Å². The zero-order chi connectivity index (χ0) is 20.0. The Morgan fingerprint density at radius 2 is 1.90 bits per heavy atom. The van der Waals surface area contributed by atoms with E-state index in [2.05, 4.69) is 20.0 Å². The van der Waals surface area contributed by atoms with E-state index in [1.54, 1.807) is 23.3 Å². The molecule has 2 aliphatic rings. The Morgan fingerprint density at radius 1 is 1.14 bits per heavy atom. The van der Waals surface area contributed by atoms with Crippen LogP contribution in [0.25, 0.3) is 11.3 Å². The number of nitrogens with zero attached hydrogens (tertiary/aromatic N) is 7. The number of rotatable bonds is 3. The number of hydrogen-bond acceptors (Lipinski definition) is 7. The number of aryl methyl sites for hydroxylation is 2. The molecule has 0 bridgehead atoms. The number of piperidine rings is 1. The molecule has 1 saturated heterocycles. The van der Waals surface area contributed by atoms with Gasteiger partial charge in [0.2, 0.25) is 5.95 Å². The van der Waals surface area contributed by atoms with Crippen LogP contribution in [0.2, 0.25) is 5.02 Å². The van der Waals surface area contributed by atoms with E-state index >= 15 is 0 Å². The van der Waals surface area contributed by atoms with Crippen LogP contribution in [-0.4, -0.2) is 52.8 Å². The summed E-state index contributed by atoms with van der Waals surface area (Å²) in [4.78, 5) is 21.3. The molecule has 0 saturated carbocycles. The first-order valence-corrected chi connectivity index (χ1v) is 11.3. The Labute approximate surface area is 175 Å². The Balaban J connectivity index is 1.42. The predicted molar refractivity (Wildman–Crippen MR) is 110 cm³/mol. The zero-order valence-electron chi connectivity index (χ0n) is 16.0. The second-order valence-corrected chi connectivity index (χ2v) is 9.32. The van der Waals surface area contributed by atoms with Crippen LogP contribution >= 0.6 is 11.6 Å². The highest BCUT2D eigenvalue weighted by Crippen LogP contribution is 2.34. The average Bonchev–Trinajstić information content (AvgIpc) is 3.34. The number of anilines is 1. The Morgan fingerprint density at radius 3 is 2.59 bits per heavy atom. The fourth-order valence-corrected chi connectivity index (χ4v) is 5.41.